The SMILES string of the molecule is CCOc1ccc(/C=N/OC(C)C(=O)Nc2ccc(C)cc2F)cc1OC. The third-order valence-corrected chi connectivity index (χ3v) is 3.66. The van der Waals surface area contributed by atoms with Crippen LogP contribution in [0.15, 0.2) is 41.6 Å². The topological polar surface area (TPSA) is 69.2 Å². The van der Waals surface area contributed by atoms with Crippen LogP contribution in [0.4, 0.5) is 10.1 Å². The van der Waals surface area contributed by atoms with Gasteiger partial charge in [0, 0.05) is 5.56 Å². The maximum atomic E-state index is 13.8. The van der Waals surface area contributed by atoms with Crippen LogP contribution in [-0.4, -0.2) is 31.9 Å². The summed E-state index contributed by atoms with van der Waals surface area (Å²) in [6.45, 7) is 5.71. The Balaban J connectivity index is 1.95. The third kappa shape index (κ3) is 5.70. The highest BCUT2D eigenvalue weighted by Gasteiger charge is 2.16. The fourth-order valence-electron chi connectivity index (χ4n) is 2.23. The van der Waals surface area contributed by atoms with Crippen molar-refractivity contribution in [1.29, 1.82) is 0 Å². The second-order valence-electron chi connectivity index (χ2n) is 5.80. The first-order chi connectivity index (χ1) is 12.9. The first-order valence-corrected chi connectivity index (χ1v) is 8.51. The molecule has 2 rings (SSSR count). The van der Waals surface area contributed by atoms with E-state index >= 15 is 0 Å². The molecule has 1 N–H and O–H groups in total. The molecule has 1 atom stereocenters. The Morgan fingerprint density at radius 3 is 2.70 bits per heavy atom. The molecule has 0 fully saturated rings. The molecule has 27 heavy (non-hydrogen) atoms. The van der Waals surface area contributed by atoms with Gasteiger partial charge in [0.05, 0.1) is 25.6 Å². The van der Waals surface area contributed by atoms with Crippen molar-refractivity contribution in [1.82, 2.24) is 0 Å². The van der Waals surface area contributed by atoms with E-state index in [0.717, 1.165) is 5.56 Å². The molecule has 1 unspecified atom stereocenters. The number of ether oxygens (including phenoxy) is 2. The average Bonchev–Trinajstić information content (AvgIpc) is 2.65. The molecule has 0 saturated carbocycles. The van der Waals surface area contributed by atoms with Gasteiger partial charge < -0.3 is 19.6 Å². The van der Waals surface area contributed by atoms with E-state index in [1.165, 1.54) is 25.3 Å². The van der Waals surface area contributed by atoms with Gasteiger partial charge in [-0.25, -0.2) is 4.39 Å². The van der Waals surface area contributed by atoms with E-state index in [0.29, 0.717) is 23.7 Å². The van der Waals surface area contributed by atoms with E-state index in [1.807, 2.05) is 6.92 Å². The van der Waals surface area contributed by atoms with Crippen LogP contribution in [0.3, 0.4) is 0 Å². The Labute approximate surface area is 157 Å². The van der Waals surface area contributed by atoms with Gasteiger partial charge >= 0.3 is 0 Å². The Kier molecular flexibility index (Phi) is 7.16. The van der Waals surface area contributed by atoms with Gasteiger partial charge in [0.2, 0.25) is 6.10 Å². The Bertz CT molecular complexity index is 824. The largest absolute Gasteiger partial charge is 0.493 e. The first kappa shape index (κ1) is 20.2. The summed E-state index contributed by atoms with van der Waals surface area (Å²) in [5, 5.41) is 6.29. The average molecular weight is 374 g/mol. The molecule has 2 aromatic carbocycles. The number of rotatable bonds is 8. The number of hydrogen-bond donors (Lipinski definition) is 1. The minimum atomic E-state index is -0.897. The zero-order chi connectivity index (χ0) is 19.8. The van der Waals surface area contributed by atoms with E-state index in [4.69, 9.17) is 14.3 Å². The van der Waals surface area contributed by atoms with Crippen LogP contribution in [0.2, 0.25) is 0 Å². The van der Waals surface area contributed by atoms with Crippen molar-refractivity contribution in [2.45, 2.75) is 26.9 Å². The van der Waals surface area contributed by atoms with E-state index in [1.54, 1.807) is 38.3 Å². The highest BCUT2D eigenvalue weighted by atomic mass is 19.1. The molecule has 6 nitrogen and oxygen atoms in total. The van der Waals surface area contributed by atoms with Gasteiger partial charge in [0.25, 0.3) is 5.91 Å². The van der Waals surface area contributed by atoms with Crippen LogP contribution in [0.5, 0.6) is 11.5 Å². The van der Waals surface area contributed by atoms with Gasteiger partial charge in [-0.2, -0.15) is 0 Å². The van der Waals surface area contributed by atoms with Crippen molar-refractivity contribution in [2.75, 3.05) is 19.0 Å². The van der Waals surface area contributed by atoms with E-state index in [2.05, 4.69) is 10.5 Å². The van der Waals surface area contributed by atoms with Gasteiger partial charge in [-0.1, -0.05) is 11.2 Å². The number of nitrogens with zero attached hydrogens (tertiary/aromatic N) is 1. The van der Waals surface area contributed by atoms with Crippen LogP contribution in [-0.2, 0) is 9.63 Å². The molecule has 0 aromatic heterocycles. The Morgan fingerprint density at radius 2 is 2.04 bits per heavy atom. The van der Waals surface area contributed by atoms with Crippen molar-refractivity contribution < 1.29 is 23.5 Å². The minimum Gasteiger partial charge on any atom is -0.493 e. The number of amides is 1. The molecule has 0 spiro atoms. The number of anilines is 1. The first-order valence-electron chi connectivity index (χ1n) is 8.51. The summed E-state index contributed by atoms with van der Waals surface area (Å²) in [5.74, 6) is 0.201. The molecule has 0 aliphatic heterocycles. The fourth-order valence-corrected chi connectivity index (χ4v) is 2.23. The Hall–Kier alpha value is -3.09. The summed E-state index contributed by atoms with van der Waals surface area (Å²) in [6.07, 6.45) is 0.556. The summed E-state index contributed by atoms with van der Waals surface area (Å²) in [7, 11) is 1.55. The lowest BCUT2D eigenvalue weighted by Crippen LogP contribution is -2.26. The van der Waals surface area contributed by atoms with Crippen molar-refractivity contribution in [3.63, 3.8) is 0 Å². The van der Waals surface area contributed by atoms with E-state index < -0.39 is 17.8 Å². The summed E-state index contributed by atoms with van der Waals surface area (Å²) in [4.78, 5) is 17.3. The molecule has 0 aliphatic rings. The minimum absolute atomic E-state index is 0.0984. The number of oxime groups is 1. The summed E-state index contributed by atoms with van der Waals surface area (Å²) >= 11 is 0. The molecule has 144 valence electrons. The third-order valence-electron chi connectivity index (χ3n) is 3.66. The number of aryl methyl sites for hydroxylation is 1. The summed E-state index contributed by atoms with van der Waals surface area (Å²) < 4.78 is 24.5. The quantitative estimate of drug-likeness (QED) is 0.562. The van der Waals surface area contributed by atoms with Gasteiger partial charge in [0.15, 0.2) is 11.5 Å². The highest BCUT2D eigenvalue weighted by Crippen LogP contribution is 2.27. The van der Waals surface area contributed by atoms with E-state index in [9.17, 15) is 9.18 Å². The number of carbonyl (C=O) groups is 1. The van der Waals surface area contributed by atoms with E-state index in [-0.39, 0.29) is 5.69 Å². The molecule has 0 bridgehead atoms. The zero-order valence-electron chi connectivity index (χ0n) is 15.8. The summed E-state index contributed by atoms with van der Waals surface area (Å²) in [5.41, 5.74) is 1.58. The van der Waals surface area contributed by atoms with Crippen molar-refractivity contribution in [3.05, 3.63) is 53.3 Å². The predicted octanol–water partition coefficient (Wildman–Crippen LogP) is 3.92. The number of benzene rings is 2. The second kappa shape index (κ2) is 9.56. The molecule has 0 aliphatic carbocycles. The maximum Gasteiger partial charge on any atom is 0.268 e. The normalized spacial score (nSPS) is 11.9. The zero-order valence-corrected chi connectivity index (χ0v) is 15.8. The maximum absolute atomic E-state index is 13.8. The molecular formula is C20H23FN2O4. The monoisotopic (exact) mass is 374 g/mol. The number of hydrogen-bond acceptors (Lipinski definition) is 5. The molecule has 7 heteroatoms. The molecule has 2 aromatic rings. The number of carbonyl (C=O) groups excluding carboxylic acids is 1. The van der Waals surface area contributed by atoms with Crippen molar-refractivity contribution in [3.8, 4) is 11.5 Å². The lowest BCUT2D eigenvalue weighted by Gasteiger charge is -2.11. The van der Waals surface area contributed by atoms with Crippen LogP contribution >= 0.6 is 0 Å². The molecule has 1 amide bonds. The second-order valence-corrected chi connectivity index (χ2v) is 5.80. The predicted molar refractivity (Wildman–Crippen MR) is 102 cm³/mol. The van der Waals surface area contributed by atoms with Crippen molar-refractivity contribution >= 4 is 17.8 Å². The number of nitrogens with one attached hydrogen (secondary N) is 1. The highest BCUT2D eigenvalue weighted by molar-refractivity contribution is 5.94. The molecule has 0 saturated heterocycles. The summed E-state index contributed by atoms with van der Waals surface area (Å²) in [6, 6.07) is 9.85. The lowest BCUT2D eigenvalue weighted by molar-refractivity contribution is -0.126. The van der Waals surface area contributed by atoms with Crippen LogP contribution < -0.4 is 14.8 Å². The van der Waals surface area contributed by atoms with Gasteiger partial charge in [-0.15, -0.1) is 0 Å². The Morgan fingerprint density at radius 1 is 1.26 bits per heavy atom. The molecule has 0 heterocycles. The van der Waals surface area contributed by atoms with Gasteiger partial charge in [-0.05, 0) is 56.7 Å². The smallest absolute Gasteiger partial charge is 0.268 e. The van der Waals surface area contributed by atoms with Crippen LogP contribution in [0.25, 0.3) is 0 Å². The molecular weight excluding hydrogens is 351 g/mol. The number of methoxy groups -OCH3 is 1. The fraction of sp³-hybridized carbons (Fsp3) is 0.300. The molecule has 0 radical (unpaired) electrons. The van der Waals surface area contributed by atoms with Crippen LogP contribution in [0, 0.1) is 12.7 Å². The lowest BCUT2D eigenvalue weighted by atomic mass is 10.2. The van der Waals surface area contributed by atoms with Gasteiger partial charge in [0.1, 0.15) is 5.82 Å². The van der Waals surface area contributed by atoms with Crippen molar-refractivity contribution in [2.24, 2.45) is 5.16 Å². The standard InChI is InChI=1S/C20H23FN2O4/c1-5-26-18-9-7-15(11-19(18)25-4)12-22-27-14(3)20(24)23-17-8-6-13(2)10-16(17)21/h6-12,14H,5H2,1-4H3,(H,23,24)/b22-12+. The van der Waals surface area contributed by atoms with Gasteiger partial charge in [-0.3, -0.25) is 4.79 Å². The number of halogens is 1. The van der Waals surface area contributed by atoms with Crippen LogP contribution in [0.1, 0.15) is 25.0 Å².